The van der Waals surface area contributed by atoms with Gasteiger partial charge in [-0.15, -0.1) is 47.5 Å². The van der Waals surface area contributed by atoms with Gasteiger partial charge in [0.2, 0.25) is 0 Å². The van der Waals surface area contributed by atoms with Crippen molar-refractivity contribution >= 4 is 11.1 Å². The first-order chi connectivity index (χ1) is 10.9. The second-order valence-electron chi connectivity index (χ2n) is 5.13. The molecule has 0 spiro atoms. The fourth-order valence-electron chi connectivity index (χ4n) is 2.44. The van der Waals surface area contributed by atoms with Crippen molar-refractivity contribution in [2.45, 2.75) is 12.8 Å². The maximum atomic E-state index is 3.28. The van der Waals surface area contributed by atoms with Crippen LogP contribution in [0.5, 0.6) is 0 Å². The number of benzene rings is 2. The van der Waals surface area contributed by atoms with Crippen LogP contribution in [0.2, 0.25) is 0 Å². The Morgan fingerprint density at radius 2 is 0.920 bits per heavy atom. The van der Waals surface area contributed by atoms with Crippen LogP contribution in [0.1, 0.15) is 24.0 Å². The Morgan fingerprint density at radius 1 is 0.560 bits per heavy atom. The largest absolute Gasteiger partial charge is 4.00 e. The van der Waals surface area contributed by atoms with Gasteiger partial charge in [0.15, 0.2) is 0 Å². The van der Waals surface area contributed by atoms with Gasteiger partial charge in [-0.25, -0.2) is 0 Å². The first kappa shape index (κ1) is 23.7. The van der Waals surface area contributed by atoms with Gasteiger partial charge in [0.1, 0.15) is 0 Å². The van der Waals surface area contributed by atoms with Crippen molar-refractivity contribution < 1.29 is 46.5 Å². The molecule has 4 rings (SSSR count). The van der Waals surface area contributed by atoms with Crippen LogP contribution in [0, 0.1) is 12.2 Å². The van der Waals surface area contributed by atoms with Gasteiger partial charge in [-0.1, -0.05) is 49.2 Å². The average Bonchev–Trinajstić information content (AvgIpc) is 3.31. The van der Waals surface area contributed by atoms with E-state index in [1.165, 1.54) is 22.3 Å². The molecule has 0 atom stereocenters. The summed E-state index contributed by atoms with van der Waals surface area (Å²) in [5.74, 6) is 0. The number of hydrogen-bond acceptors (Lipinski definition) is 0. The molecule has 25 heavy (non-hydrogen) atoms. The Kier molecular flexibility index (Phi) is 12.3. The summed E-state index contributed by atoms with van der Waals surface area (Å²) in [6.45, 7) is 0. The molecule has 0 heterocycles. The van der Waals surface area contributed by atoms with Crippen LogP contribution >= 0.6 is 0 Å². The minimum Gasteiger partial charge on any atom is -1.00 e. The molecule has 0 N–H and O–H groups in total. The van der Waals surface area contributed by atoms with Crippen molar-refractivity contribution in [1.82, 2.24) is 0 Å². The Morgan fingerprint density at radius 3 is 1.20 bits per heavy atom. The third-order valence-electron chi connectivity index (χ3n) is 3.56. The van der Waals surface area contributed by atoms with E-state index >= 15 is 0 Å². The molecule has 2 aliphatic rings. The molecular weight excluding hydrogens is 383 g/mol. The van der Waals surface area contributed by atoms with Crippen LogP contribution < -0.4 is 24.8 Å². The SMILES string of the molecule is [C-]1=C(c2ccccc2)C=CC1.[C-]1=C(c2ccccc2)C=CC1.[Cl-].[Cl-].[Ti+4]. The molecule has 0 aliphatic heterocycles. The van der Waals surface area contributed by atoms with E-state index in [4.69, 9.17) is 0 Å². The van der Waals surface area contributed by atoms with Crippen LogP contribution in [0.25, 0.3) is 11.1 Å². The molecule has 0 bridgehead atoms. The zero-order chi connectivity index (χ0) is 15.0. The van der Waals surface area contributed by atoms with E-state index < -0.39 is 0 Å². The molecule has 0 nitrogen and oxygen atoms in total. The van der Waals surface area contributed by atoms with Gasteiger partial charge in [0.05, 0.1) is 0 Å². The van der Waals surface area contributed by atoms with E-state index in [-0.39, 0.29) is 46.5 Å². The smallest absolute Gasteiger partial charge is 1.00 e. The van der Waals surface area contributed by atoms with Gasteiger partial charge < -0.3 is 24.8 Å². The quantitative estimate of drug-likeness (QED) is 0.478. The van der Waals surface area contributed by atoms with Crippen molar-refractivity contribution in [1.29, 1.82) is 0 Å². The third-order valence-corrected chi connectivity index (χ3v) is 3.56. The first-order valence-corrected chi connectivity index (χ1v) is 7.59. The second-order valence-corrected chi connectivity index (χ2v) is 5.13. The predicted molar refractivity (Wildman–Crippen MR) is 93.7 cm³/mol. The topological polar surface area (TPSA) is 0 Å². The van der Waals surface area contributed by atoms with Crippen LogP contribution in [-0.2, 0) is 21.7 Å². The molecule has 0 saturated carbocycles. The summed E-state index contributed by atoms with van der Waals surface area (Å²) in [4.78, 5) is 0. The van der Waals surface area contributed by atoms with Crippen LogP contribution in [0.4, 0.5) is 0 Å². The van der Waals surface area contributed by atoms with Gasteiger partial charge in [-0.05, 0) is 0 Å². The van der Waals surface area contributed by atoms with E-state index in [1.807, 2.05) is 12.1 Å². The molecule has 2 aromatic carbocycles. The second kappa shape index (κ2) is 13.0. The van der Waals surface area contributed by atoms with Crippen LogP contribution in [-0.4, -0.2) is 0 Å². The monoisotopic (exact) mass is 400 g/mol. The van der Waals surface area contributed by atoms with Gasteiger partial charge in [-0.3, -0.25) is 0 Å². The maximum absolute atomic E-state index is 3.28. The number of allylic oxidation sites excluding steroid dienone is 8. The summed E-state index contributed by atoms with van der Waals surface area (Å²) < 4.78 is 0. The molecule has 0 radical (unpaired) electrons. The predicted octanol–water partition coefficient (Wildman–Crippen LogP) is -0.328. The van der Waals surface area contributed by atoms with Crippen molar-refractivity contribution in [2.24, 2.45) is 0 Å². The van der Waals surface area contributed by atoms with Gasteiger partial charge in [0, 0.05) is 0 Å². The molecule has 0 unspecified atom stereocenters. The minimum atomic E-state index is 0. The van der Waals surface area contributed by atoms with Gasteiger partial charge in [-0.2, -0.15) is 35.5 Å². The van der Waals surface area contributed by atoms with E-state index in [0.29, 0.717) is 0 Å². The Balaban J connectivity index is 0.000000411. The molecule has 0 saturated heterocycles. The number of hydrogen-bond donors (Lipinski definition) is 0. The zero-order valence-electron chi connectivity index (χ0n) is 13.8. The summed E-state index contributed by atoms with van der Waals surface area (Å²) in [6.07, 6.45) is 17.0. The molecule has 0 amide bonds. The Labute approximate surface area is 178 Å². The van der Waals surface area contributed by atoms with E-state index in [0.717, 1.165) is 12.8 Å². The Bertz CT molecular complexity index is 664. The van der Waals surface area contributed by atoms with Crippen LogP contribution in [0.15, 0.2) is 85.0 Å². The molecule has 2 aromatic rings. The van der Waals surface area contributed by atoms with Crippen molar-refractivity contribution in [3.05, 3.63) is 108 Å². The standard InChI is InChI=1S/2C11H9.2ClH.Ti/c2*1-2-6-10(7-3-1)11-8-4-5-9-11;;;/h2*1-4,6-8H,5H2;2*1H;/q2*-1;;;+4/p-2. The van der Waals surface area contributed by atoms with E-state index in [1.54, 1.807) is 0 Å². The summed E-state index contributed by atoms with van der Waals surface area (Å²) in [5, 5.41) is 0. The third kappa shape index (κ3) is 7.22. The summed E-state index contributed by atoms with van der Waals surface area (Å²) in [7, 11) is 0. The molecule has 2 aliphatic carbocycles. The molecule has 0 fully saturated rings. The summed E-state index contributed by atoms with van der Waals surface area (Å²) in [5.41, 5.74) is 4.98. The zero-order valence-corrected chi connectivity index (χ0v) is 16.8. The van der Waals surface area contributed by atoms with E-state index in [2.05, 4.69) is 85.0 Å². The number of rotatable bonds is 2. The van der Waals surface area contributed by atoms with Crippen molar-refractivity contribution in [2.75, 3.05) is 0 Å². The first-order valence-electron chi connectivity index (χ1n) is 7.59. The fraction of sp³-hybridized carbons (Fsp3) is 0.0909. The average molecular weight is 401 g/mol. The van der Waals surface area contributed by atoms with Gasteiger partial charge >= 0.3 is 21.7 Å². The van der Waals surface area contributed by atoms with Crippen molar-refractivity contribution in [3.63, 3.8) is 0 Å². The summed E-state index contributed by atoms with van der Waals surface area (Å²) >= 11 is 0. The minimum absolute atomic E-state index is 0. The molecule has 124 valence electrons. The fourth-order valence-corrected chi connectivity index (χ4v) is 2.44. The molecular formula is C22H18Cl2Ti. The normalized spacial score (nSPS) is 13.3. The Hall–Kier alpha value is -1.31. The summed E-state index contributed by atoms with van der Waals surface area (Å²) in [6, 6.07) is 20.7. The van der Waals surface area contributed by atoms with Crippen LogP contribution in [0.3, 0.4) is 0 Å². The van der Waals surface area contributed by atoms with E-state index in [9.17, 15) is 0 Å². The molecule has 0 aromatic heterocycles. The van der Waals surface area contributed by atoms with Gasteiger partial charge in [0.25, 0.3) is 0 Å². The number of halogens is 2. The maximum Gasteiger partial charge on any atom is 4.00 e. The van der Waals surface area contributed by atoms with Crippen molar-refractivity contribution in [3.8, 4) is 0 Å². The molecule has 3 heteroatoms.